The summed E-state index contributed by atoms with van der Waals surface area (Å²) in [5.41, 5.74) is 2.98. The number of likely N-dealkylation sites (tertiary alicyclic amines) is 1. The van der Waals surface area contributed by atoms with Crippen molar-refractivity contribution in [2.45, 2.75) is 23.9 Å². The Bertz CT molecular complexity index is 1130. The van der Waals surface area contributed by atoms with Gasteiger partial charge in [0.15, 0.2) is 5.16 Å². The number of nitrogens with zero attached hydrogens (tertiary/aromatic N) is 4. The molecule has 0 unspecified atom stereocenters. The van der Waals surface area contributed by atoms with Gasteiger partial charge in [0, 0.05) is 48.7 Å². The minimum atomic E-state index is -0.362. The number of hydrogen-bond acceptors (Lipinski definition) is 7. The van der Waals surface area contributed by atoms with Crippen LogP contribution in [0.25, 0.3) is 11.1 Å². The van der Waals surface area contributed by atoms with Crippen LogP contribution in [-0.2, 0) is 9.53 Å². The SMILES string of the molecule is COC(=O)CSc1ncc(-c2ccc(F)cc2)c([C@@H]2CCCN(C(=O)c3ccncc3)C2)n1. The van der Waals surface area contributed by atoms with Crippen LogP contribution >= 0.6 is 11.8 Å². The van der Waals surface area contributed by atoms with Crippen molar-refractivity contribution in [3.05, 3.63) is 72.1 Å². The van der Waals surface area contributed by atoms with Crippen LogP contribution in [-0.4, -0.2) is 57.7 Å². The molecule has 0 radical (unpaired) electrons. The van der Waals surface area contributed by atoms with Crippen molar-refractivity contribution in [1.82, 2.24) is 19.9 Å². The second kappa shape index (κ2) is 10.5. The normalized spacial score (nSPS) is 15.8. The number of benzene rings is 1. The van der Waals surface area contributed by atoms with Crippen LogP contribution in [0.3, 0.4) is 0 Å². The highest BCUT2D eigenvalue weighted by Crippen LogP contribution is 2.34. The second-order valence-corrected chi connectivity index (χ2v) is 8.59. The first-order chi connectivity index (χ1) is 16.0. The highest BCUT2D eigenvalue weighted by atomic mass is 32.2. The molecule has 3 aromatic rings. The lowest BCUT2D eigenvalue weighted by molar-refractivity contribution is -0.137. The lowest BCUT2D eigenvalue weighted by Crippen LogP contribution is -2.39. The fourth-order valence-corrected chi connectivity index (χ4v) is 4.51. The first-order valence-electron chi connectivity index (χ1n) is 10.6. The quantitative estimate of drug-likeness (QED) is 0.309. The first kappa shape index (κ1) is 22.8. The molecule has 0 aliphatic carbocycles. The fraction of sp³-hybridized carbons (Fsp3) is 0.292. The smallest absolute Gasteiger partial charge is 0.316 e. The van der Waals surface area contributed by atoms with Crippen LogP contribution in [0.2, 0.25) is 0 Å². The molecular weight excluding hydrogens is 443 g/mol. The largest absolute Gasteiger partial charge is 0.468 e. The van der Waals surface area contributed by atoms with E-state index in [0.29, 0.717) is 23.8 Å². The number of methoxy groups -OCH3 is 1. The Hall–Kier alpha value is -3.33. The van der Waals surface area contributed by atoms with Gasteiger partial charge in [-0.15, -0.1) is 0 Å². The van der Waals surface area contributed by atoms with Gasteiger partial charge in [0.2, 0.25) is 0 Å². The lowest BCUT2D eigenvalue weighted by atomic mass is 9.89. The van der Waals surface area contributed by atoms with E-state index in [-0.39, 0.29) is 29.4 Å². The van der Waals surface area contributed by atoms with Gasteiger partial charge in [-0.3, -0.25) is 14.6 Å². The lowest BCUT2D eigenvalue weighted by Gasteiger charge is -2.33. The zero-order valence-electron chi connectivity index (χ0n) is 18.1. The molecule has 3 heterocycles. The van der Waals surface area contributed by atoms with Crippen molar-refractivity contribution in [2.75, 3.05) is 26.0 Å². The van der Waals surface area contributed by atoms with Gasteiger partial charge in [0.05, 0.1) is 18.6 Å². The van der Waals surface area contributed by atoms with Crippen LogP contribution < -0.4 is 0 Å². The highest BCUT2D eigenvalue weighted by molar-refractivity contribution is 7.99. The predicted octanol–water partition coefficient (Wildman–Crippen LogP) is 3.96. The van der Waals surface area contributed by atoms with Crippen molar-refractivity contribution in [1.29, 1.82) is 0 Å². The third-order valence-corrected chi connectivity index (χ3v) is 6.36. The molecule has 1 aliphatic rings. The standard InChI is InChI=1S/C24H23FN4O3S/c1-32-21(30)15-33-24-27-13-20(16-4-6-19(25)7-5-16)22(28-24)18-3-2-12-29(14-18)23(31)17-8-10-26-11-9-17/h4-11,13,18H,2-3,12,14-15H2,1H3/t18-/m1/s1. The molecular formula is C24H23FN4O3S. The summed E-state index contributed by atoms with van der Waals surface area (Å²) in [6.45, 7) is 1.17. The molecule has 0 saturated carbocycles. The molecule has 1 aliphatic heterocycles. The number of aromatic nitrogens is 3. The molecule has 0 bridgehead atoms. The van der Waals surface area contributed by atoms with Gasteiger partial charge in [-0.25, -0.2) is 14.4 Å². The Morgan fingerprint density at radius 3 is 2.67 bits per heavy atom. The molecule has 1 saturated heterocycles. The minimum Gasteiger partial charge on any atom is -0.468 e. The summed E-state index contributed by atoms with van der Waals surface area (Å²) in [6, 6.07) is 9.62. The number of rotatable bonds is 6. The topological polar surface area (TPSA) is 85.3 Å². The Morgan fingerprint density at radius 2 is 1.94 bits per heavy atom. The number of pyridine rings is 1. The van der Waals surface area contributed by atoms with E-state index in [9.17, 15) is 14.0 Å². The summed E-state index contributed by atoms with van der Waals surface area (Å²) < 4.78 is 18.2. The van der Waals surface area contributed by atoms with E-state index in [1.165, 1.54) is 31.0 Å². The van der Waals surface area contributed by atoms with Gasteiger partial charge in [0.25, 0.3) is 5.91 Å². The predicted molar refractivity (Wildman–Crippen MR) is 122 cm³/mol. The zero-order valence-corrected chi connectivity index (χ0v) is 18.9. The summed E-state index contributed by atoms with van der Waals surface area (Å²) >= 11 is 1.20. The van der Waals surface area contributed by atoms with Gasteiger partial charge in [0.1, 0.15) is 5.82 Å². The average molecular weight is 467 g/mol. The van der Waals surface area contributed by atoms with Crippen molar-refractivity contribution in [2.24, 2.45) is 0 Å². The van der Waals surface area contributed by atoms with Crippen LogP contribution in [0.5, 0.6) is 0 Å². The zero-order chi connectivity index (χ0) is 23.2. The fourth-order valence-electron chi connectivity index (χ4n) is 3.85. The van der Waals surface area contributed by atoms with Gasteiger partial charge < -0.3 is 9.64 Å². The number of halogens is 1. The summed E-state index contributed by atoms with van der Waals surface area (Å²) in [6.07, 6.45) is 6.61. The number of ether oxygens (including phenoxy) is 1. The van der Waals surface area contributed by atoms with E-state index in [2.05, 4.69) is 9.97 Å². The third kappa shape index (κ3) is 5.54. The van der Waals surface area contributed by atoms with Crippen LogP contribution in [0.1, 0.15) is 34.8 Å². The summed E-state index contributed by atoms with van der Waals surface area (Å²) in [4.78, 5) is 39.6. The van der Waals surface area contributed by atoms with E-state index in [1.54, 1.807) is 42.9 Å². The van der Waals surface area contributed by atoms with E-state index < -0.39 is 0 Å². The monoisotopic (exact) mass is 466 g/mol. The van der Waals surface area contributed by atoms with Crippen molar-refractivity contribution >= 4 is 23.6 Å². The summed E-state index contributed by atoms with van der Waals surface area (Å²) in [5, 5.41) is 0.457. The van der Waals surface area contributed by atoms with Gasteiger partial charge >= 0.3 is 5.97 Å². The molecule has 0 N–H and O–H groups in total. The summed E-state index contributed by atoms with van der Waals surface area (Å²) in [5.74, 6) is -0.647. The number of amides is 1. The van der Waals surface area contributed by atoms with E-state index in [1.807, 2.05) is 4.90 Å². The molecule has 4 rings (SSSR count). The maximum Gasteiger partial charge on any atom is 0.316 e. The Kier molecular flexibility index (Phi) is 7.29. The Labute approximate surface area is 195 Å². The third-order valence-electron chi connectivity index (χ3n) is 5.52. The van der Waals surface area contributed by atoms with Crippen LogP contribution in [0.15, 0.2) is 60.1 Å². The van der Waals surface area contributed by atoms with Crippen LogP contribution in [0, 0.1) is 5.82 Å². The minimum absolute atomic E-state index is 0.0231. The van der Waals surface area contributed by atoms with Gasteiger partial charge in [-0.05, 0) is 42.7 Å². The van der Waals surface area contributed by atoms with Gasteiger partial charge in [-0.2, -0.15) is 0 Å². The van der Waals surface area contributed by atoms with E-state index in [4.69, 9.17) is 9.72 Å². The number of piperidine rings is 1. The Balaban J connectivity index is 1.64. The number of carbonyl (C=O) groups is 2. The molecule has 7 nitrogen and oxygen atoms in total. The first-order valence-corrected chi connectivity index (χ1v) is 11.6. The van der Waals surface area contributed by atoms with Crippen LogP contribution in [0.4, 0.5) is 4.39 Å². The van der Waals surface area contributed by atoms with Crippen molar-refractivity contribution in [3.63, 3.8) is 0 Å². The Morgan fingerprint density at radius 1 is 1.18 bits per heavy atom. The molecule has 0 spiro atoms. The molecule has 1 aromatic carbocycles. The highest BCUT2D eigenvalue weighted by Gasteiger charge is 2.29. The number of hydrogen-bond donors (Lipinski definition) is 0. The number of esters is 1. The second-order valence-electron chi connectivity index (χ2n) is 7.65. The summed E-state index contributed by atoms with van der Waals surface area (Å²) in [7, 11) is 1.34. The molecule has 1 amide bonds. The number of thioether (sulfide) groups is 1. The van der Waals surface area contributed by atoms with E-state index >= 15 is 0 Å². The molecule has 33 heavy (non-hydrogen) atoms. The van der Waals surface area contributed by atoms with Crippen molar-refractivity contribution in [3.8, 4) is 11.1 Å². The molecule has 1 fully saturated rings. The molecule has 2 aromatic heterocycles. The maximum atomic E-state index is 13.5. The maximum absolute atomic E-state index is 13.5. The molecule has 1 atom stereocenters. The molecule has 170 valence electrons. The van der Waals surface area contributed by atoms with E-state index in [0.717, 1.165) is 29.7 Å². The van der Waals surface area contributed by atoms with Crippen molar-refractivity contribution < 1.29 is 18.7 Å². The molecule has 9 heteroatoms. The average Bonchev–Trinajstić information content (AvgIpc) is 2.87. The van der Waals surface area contributed by atoms with Gasteiger partial charge in [-0.1, -0.05) is 23.9 Å². The number of carbonyl (C=O) groups excluding carboxylic acids is 2.